The Morgan fingerprint density at radius 3 is 2.59 bits per heavy atom. The third kappa shape index (κ3) is 4.23. The number of carboxylic acid groups (broad SMARTS) is 1. The van der Waals surface area contributed by atoms with Crippen molar-refractivity contribution in [1.82, 2.24) is 10.2 Å². The van der Waals surface area contributed by atoms with E-state index in [4.69, 9.17) is 10.5 Å². The molecule has 0 bridgehead atoms. The number of nitrogens with zero attached hydrogens (tertiary/aromatic N) is 2. The molecule has 2 aliphatic heterocycles. The van der Waals surface area contributed by atoms with Gasteiger partial charge in [0.15, 0.2) is 11.3 Å². The summed E-state index contributed by atoms with van der Waals surface area (Å²) in [6.07, 6.45) is -0.454. The first-order valence-electron chi connectivity index (χ1n) is 9.29. The number of Topliss-reactive ketones (excluding diaryl/α,β-unsaturated/α-hetero) is 1. The zero-order valence-corrected chi connectivity index (χ0v) is 16.4. The van der Waals surface area contributed by atoms with E-state index in [1.54, 1.807) is 27.7 Å². The van der Waals surface area contributed by atoms with Gasteiger partial charge < -0.3 is 20.9 Å². The topological polar surface area (TPSA) is 134 Å². The average molecular weight is 382 g/mol. The number of carbonyl (C=O) groups excluding carboxylic acids is 2. The molecule has 9 heteroatoms. The molecule has 27 heavy (non-hydrogen) atoms. The molecule has 9 nitrogen and oxygen atoms in total. The molecule has 2 aliphatic rings. The molecule has 0 spiro atoms. The van der Waals surface area contributed by atoms with Crippen molar-refractivity contribution < 1.29 is 24.2 Å². The molecule has 0 aromatic rings. The minimum Gasteiger partial charge on any atom is -0.481 e. The van der Waals surface area contributed by atoms with Crippen molar-refractivity contribution in [1.29, 1.82) is 0 Å². The van der Waals surface area contributed by atoms with Gasteiger partial charge in [0.2, 0.25) is 0 Å². The first kappa shape index (κ1) is 21.1. The molecule has 2 heterocycles. The molecule has 0 saturated carbocycles. The second-order valence-corrected chi connectivity index (χ2v) is 8.18. The van der Waals surface area contributed by atoms with Gasteiger partial charge in [-0.15, -0.1) is 0 Å². The molecule has 0 radical (unpaired) electrons. The van der Waals surface area contributed by atoms with Gasteiger partial charge in [-0.25, -0.2) is 4.79 Å². The van der Waals surface area contributed by atoms with Crippen LogP contribution in [0.15, 0.2) is 4.99 Å². The van der Waals surface area contributed by atoms with Crippen LogP contribution < -0.4 is 11.1 Å². The maximum absolute atomic E-state index is 13.4. The van der Waals surface area contributed by atoms with E-state index < -0.39 is 35.0 Å². The summed E-state index contributed by atoms with van der Waals surface area (Å²) in [6, 6.07) is 0. The van der Waals surface area contributed by atoms with Gasteiger partial charge in [-0.2, -0.15) is 0 Å². The van der Waals surface area contributed by atoms with E-state index >= 15 is 0 Å². The van der Waals surface area contributed by atoms with Crippen LogP contribution in [0.25, 0.3) is 0 Å². The molecule has 0 aromatic carbocycles. The van der Waals surface area contributed by atoms with E-state index in [0.717, 1.165) is 0 Å². The highest BCUT2D eigenvalue weighted by molar-refractivity contribution is 6.16. The minimum absolute atomic E-state index is 0.0451. The van der Waals surface area contributed by atoms with E-state index in [-0.39, 0.29) is 31.7 Å². The number of amidine groups is 1. The highest BCUT2D eigenvalue weighted by atomic mass is 16.6. The Labute approximate surface area is 159 Å². The number of carbonyl (C=O) groups is 3. The van der Waals surface area contributed by atoms with E-state index in [2.05, 4.69) is 10.3 Å². The van der Waals surface area contributed by atoms with E-state index in [9.17, 15) is 19.5 Å². The fourth-order valence-corrected chi connectivity index (χ4v) is 3.58. The van der Waals surface area contributed by atoms with E-state index in [0.29, 0.717) is 18.9 Å². The summed E-state index contributed by atoms with van der Waals surface area (Å²) in [4.78, 5) is 43.8. The number of carboxylic acids is 1. The Hall–Kier alpha value is -2.16. The highest BCUT2D eigenvalue weighted by Gasteiger charge is 2.57. The monoisotopic (exact) mass is 382 g/mol. The first-order valence-corrected chi connectivity index (χ1v) is 9.29. The van der Waals surface area contributed by atoms with Crippen molar-refractivity contribution >= 4 is 23.7 Å². The summed E-state index contributed by atoms with van der Waals surface area (Å²) in [5.41, 5.74) is 3.47. The largest absolute Gasteiger partial charge is 0.481 e. The number of likely N-dealkylation sites (tertiary alicyclic amines) is 1. The number of nitrogens with two attached hydrogens (primary N) is 1. The lowest BCUT2D eigenvalue weighted by Crippen LogP contribution is -2.69. The fourth-order valence-electron chi connectivity index (χ4n) is 3.58. The number of piperidine rings is 1. The Morgan fingerprint density at radius 2 is 2.11 bits per heavy atom. The number of ketones is 1. The van der Waals surface area contributed by atoms with Crippen molar-refractivity contribution in [3.8, 4) is 0 Å². The zero-order chi connectivity index (χ0) is 20.4. The van der Waals surface area contributed by atoms with Crippen molar-refractivity contribution in [2.24, 2.45) is 22.6 Å². The Morgan fingerprint density at radius 1 is 1.44 bits per heavy atom. The van der Waals surface area contributed by atoms with Crippen molar-refractivity contribution in [2.75, 3.05) is 26.2 Å². The predicted octanol–water partition coefficient (Wildman–Crippen LogP) is 0.623. The third-order valence-electron chi connectivity index (χ3n) is 4.94. The molecule has 1 fully saturated rings. The van der Waals surface area contributed by atoms with Crippen molar-refractivity contribution in [3.05, 3.63) is 0 Å². The zero-order valence-electron chi connectivity index (χ0n) is 16.4. The molecule has 1 amide bonds. The molecular formula is C18H30N4O5. The second-order valence-electron chi connectivity index (χ2n) is 8.18. The van der Waals surface area contributed by atoms with Crippen LogP contribution in [-0.4, -0.2) is 71.0 Å². The van der Waals surface area contributed by atoms with Gasteiger partial charge in [0.25, 0.3) is 0 Å². The fraction of sp³-hybridized carbons (Fsp3) is 0.778. The van der Waals surface area contributed by atoms with Crippen LogP contribution in [0, 0.1) is 11.8 Å². The smallest absolute Gasteiger partial charge is 0.411 e. The van der Waals surface area contributed by atoms with Crippen LogP contribution in [0.4, 0.5) is 4.79 Å². The molecular weight excluding hydrogens is 352 g/mol. The summed E-state index contributed by atoms with van der Waals surface area (Å²) in [6.45, 7) is 8.08. The first-order chi connectivity index (χ1) is 12.5. The number of ether oxygens (including phenoxy) is 1. The Balaban J connectivity index is 2.55. The SMILES string of the molecule is CC(CN)C(=O)C1(C2=NCCN2)CC(C(=O)O)CCN1C(=O)OC(C)(C)C. The molecule has 152 valence electrons. The highest BCUT2D eigenvalue weighted by Crippen LogP contribution is 2.37. The van der Waals surface area contributed by atoms with E-state index in [1.807, 2.05) is 0 Å². The maximum Gasteiger partial charge on any atom is 0.411 e. The molecule has 0 aliphatic carbocycles. The van der Waals surface area contributed by atoms with Crippen LogP contribution in [0.1, 0.15) is 40.5 Å². The van der Waals surface area contributed by atoms with Gasteiger partial charge >= 0.3 is 12.1 Å². The number of aliphatic carboxylic acids is 1. The lowest BCUT2D eigenvalue weighted by atomic mass is 9.73. The second kappa shape index (κ2) is 7.84. The van der Waals surface area contributed by atoms with Crippen molar-refractivity contribution in [2.45, 2.75) is 51.7 Å². The summed E-state index contributed by atoms with van der Waals surface area (Å²) in [5, 5.41) is 12.7. The number of nitrogens with one attached hydrogen (secondary N) is 1. The summed E-state index contributed by atoms with van der Waals surface area (Å²) >= 11 is 0. The average Bonchev–Trinajstić information content (AvgIpc) is 3.13. The number of rotatable bonds is 5. The number of hydrogen-bond donors (Lipinski definition) is 3. The van der Waals surface area contributed by atoms with E-state index in [1.165, 1.54) is 4.90 Å². The molecule has 1 saturated heterocycles. The van der Waals surface area contributed by atoms with Gasteiger partial charge in [0, 0.05) is 25.6 Å². The summed E-state index contributed by atoms with van der Waals surface area (Å²) in [5.74, 6) is -2.29. The molecule has 0 aromatic heterocycles. The van der Waals surface area contributed by atoms with Gasteiger partial charge in [-0.1, -0.05) is 6.92 Å². The van der Waals surface area contributed by atoms with Gasteiger partial charge in [-0.05, 0) is 33.6 Å². The minimum atomic E-state index is -1.50. The molecule has 3 unspecified atom stereocenters. The van der Waals surface area contributed by atoms with Crippen LogP contribution in [0.3, 0.4) is 0 Å². The van der Waals surface area contributed by atoms with Crippen LogP contribution >= 0.6 is 0 Å². The van der Waals surface area contributed by atoms with Crippen molar-refractivity contribution in [3.63, 3.8) is 0 Å². The third-order valence-corrected chi connectivity index (χ3v) is 4.94. The lowest BCUT2D eigenvalue weighted by Gasteiger charge is -2.48. The summed E-state index contributed by atoms with van der Waals surface area (Å²) < 4.78 is 5.52. The van der Waals surface area contributed by atoms with Gasteiger partial charge in [0.05, 0.1) is 12.5 Å². The van der Waals surface area contributed by atoms with Crippen LogP contribution in [-0.2, 0) is 14.3 Å². The predicted molar refractivity (Wildman–Crippen MR) is 99.6 cm³/mol. The van der Waals surface area contributed by atoms with Crippen LogP contribution in [0.5, 0.6) is 0 Å². The number of aliphatic imine (C=N–C) groups is 1. The van der Waals surface area contributed by atoms with Crippen LogP contribution in [0.2, 0.25) is 0 Å². The standard InChI is InChI=1S/C18H30N4O5/c1-11(10-19)13(23)18(15-20-6-7-21-15)9-12(14(24)25)5-8-22(18)16(26)27-17(2,3)4/h11-12H,5-10,19H2,1-4H3,(H,20,21)(H,24,25). The van der Waals surface area contributed by atoms with Gasteiger partial charge in [-0.3, -0.25) is 19.5 Å². The Kier molecular flexibility index (Phi) is 6.14. The maximum atomic E-state index is 13.4. The number of amides is 1. The molecule has 3 atom stereocenters. The normalized spacial score (nSPS) is 26.8. The molecule has 4 N–H and O–H groups in total. The van der Waals surface area contributed by atoms with Gasteiger partial charge in [0.1, 0.15) is 11.4 Å². The molecule has 2 rings (SSSR count). The lowest BCUT2D eigenvalue weighted by molar-refractivity contribution is -0.147. The quantitative estimate of drug-likeness (QED) is 0.634. The number of hydrogen-bond acceptors (Lipinski definition) is 7. The Bertz CT molecular complexity index is 642. The summed E-state index contributed by atoms with van der Waals surface area (Å²) in [7, 11) is 0.